The fourth-order valence-corrected chi connectivity index (χ4v) is 3.65. The Labute approximate surface area is 123 Å². The van der Waals surface area contributed by atoms with E-state index in [4.69, 9.17) is 10.5 Å². The third-order valence-corrected chi connectivity index (χ3v) is 5.19. The molecule has 1 unspecified atom stereocenters. The van der Waals surface area contributed by atoms with Crippen molar-refractivity contribution in [2.24, 2.45) is 5.73 Å². The maximum Gasteiger partial charge on any atom is 0.243 e. The Bertz CT molecular complexity index is 450. The van der Waals surface area contributed by atoms with Gasteiger partial charge in [0.25, 0.3) is 0 Å². The van der Waals surface area contributed by atoms with Crippen LogP contribution in [0.1, 0.15) is 37.0 Å². The van der Waals surface area contributed by atoms with E-state index in [-0.39, 0.29) is 12.0 Å². The van der Waals surface area contributed by atoms with Gasteiger partial charge in [-0.05, 0) is 43.6 Å². The highest BCUT2D eigenvalue weighted by atomic mass is 32.1. The molecule has 1 aromatic heterocycles. The van der Waals surface area contributed by atoms with Crippen LogP contribution in [0.5, 0.6) is 0 Å². The standard InChI is InChI=1S/C15H22N2O2S/c16-15(6-3-7-15)14(18)17(10-12-4-1-8-19-12)11-13-5-2-9-20-13/h2,5,9,12H,1,3-4,6-8,10-11,16H2. The first kappa shape index (κ1) is 14.0. The number of carbonyl (C=O) groups is 1. The smallest absolute Gasteiger partial charge is 0.243 e. The van der Waals surface area contributed by atoms with Crippen LogP contribution in [0.25, 0.3) is 0 Å². The Morgan fingerprint density at radius 1 is 1.50 bits per heavy atom. The van der Waals surface area contributed by atoms with Gasteiger partial charge in [0.2, 0.25) is 5.91 Å². The van der Waals surface area contributed by atoms with Gasteiger partial charge < -0.3 is 15.4 Å². The van der Waals surface area contributed by atoms with Crippen LogP contribution >= 0.6 is 11.3 Å². The molecule has 0 spiro atoms. The molecule has 4 nitrogen and oxygen atoms in total. The van der Waals surface area contributed by atoms with E-state index in [1.165, 1.54) is 4.88 Å². The van der Waals surface area contributed by atoms with Gasteiger partial charge >= 0.3 is 0 Å². The highest BCUT2D eigenvalue weighted by Crippen LogP contribution is 2.32. The molecule has 2 aliphatic rings. The predicted molar refractivity (Wildman–Crippen MR) is 79.5 cm³/mol. The summed E-state index contributed by atoms with van der Waals surface area (Å²) in [6.07, 6.45) is 5.03. The largest absolute Gasteiger partial charge is 0.376 e. The highest BCUT2D eigenvalue weighted by molar-refractivity contribution is 7.09. The fourth-order valence-electron chi connectivity index (χ4n) is 2.93. The van der Waals surface area contributed by atoms with Crippen LogP contribution in [0.3, 0.4) is 0 Å². The molecule has 110 valence electrons. The number of rotatable bonds is 5. The van der Waals surface area contributed by atoms with E-state index in [0.717, 1.165) is 38.7 Å². The van der Waals surface area contributed by atoms with Crippen LogP contribution in [-0.2, 0) is 16.1 Å². The molecule has 3 rings (SSSR count). The molecule has 1 atom stereocenters. The molecule has 1 saturated heterocycles. The van der Waals surface area contributed by atoms with E-state index >= 15 is 0 Å². The van der Waals surface area contributed by atoms with Gasteiger partial charge in [-0.15, -0.1) is 11.3 Å². The topological polar surface area (TPSA) is 55.6 Å². The van der Waals surface area contributed by atoms with Crippen molar-refractivity contribution in [3.05, 3.63) is 22.4 Å². The summed E-state index contributed by atoms with van der Waals surface area (Å²) in [7, 11) is 0. The predicted octanol–water partition coefficient (Wildman–Crippen LogP) is 2.14. The van der Waals surface area contributed by atoms with Gasteiger partial charge in [-0.25, -0.2) is 0 Å². The summed E-state index contributed by atoms with van der Waals surface area (Å²) in [6, 6.07) is 4.10. The Hall–Kier alpha value is -0.910. The third-order valence-electron chi connectivity index (χ3n) is 4.33. The number of nitrogens with zero attached hydrogens (tertiary/aromatic N) is 1. The summed E-state index contributed by atoms with van der Waals surface area (Å²) in [5.74, 6) is 0.104. The van der Waals surface area contributed by atoms with Crippen LogP contribution in [0.2, 0.25) is 0 Å². The fraction of sp³-hybridized carbons (Fsp3) is 0.667. The molecule has 1 aromatic rings. The zero-order valence-corrected chi connectivity index (χ0v) is 12.5. The molecule has 1 aliphatic heterocycles. The van der Waals surface area contributed by atoms with Crippen molar-refractivity contribution >= 4 is 17.2 Å². The molecule has 1 aliphatic carbocycles. The third kappa shape index (κ3) is 2.90. The number of amides is 1. The second-order valence-corrected chi connectivity index (χ2v) is 6.94. The molecule has 2 N–H and O–H groups in total. The van der Waals surface area contributed by atoms with E-state index in [9.17, 15) is 4.79 Å². The maximum absolute atomic E-state index is 12.7. The van der Waals surface area contributed by atoms with Crippen LogP contribution < -0.4 is 5.73 Å². The lowest BCUT2D eigenvalue weighted by molar-refractivity contribution is -0.142. The summed E-state index contributed by atoms with van der Waals surface area (Å²) in [6.45, 7) is 2.16. The molecule has 2 fully saturated rings. The van der Waals surface area contributed by atoms with Gasteiger partial charge in [0.15, 0.2) is 0 Å². The molecule has 20 heavy (non-hydrogen) atoms. The highest BCUT2D eigenvalue weighted by Gasteiger charge is 2.43. The molecule has 5 heteroatoms. The second kappa shape index (κ2) is 5.84. The monoisotopic (exact) mass is 294 g/mol. The summed E-state index contributed by atoms with van der Waals surface area (Å²) < 4.78 is 5.69. The van der Waals surface area contributed by atoms with E-state index < -0.39 is 5.54 Å². The lowest BCUT2D eigenvalue weighted by atomic mass is 9.76. The molecular formula is C15H22N2O2S. The second-order valence-electron chi connectivity index (χ2n) is 5.91. The zero-order chi connectivity index (χ0) is 14.0. The van der Waals surface area contributed by atoms with Gasteiger partial charge in [0.05, 0.1) is 18.2 Å². The minimum atomic E-state index is -0.615. The van der Waals surface area contributed by atoms with Gasteiger partial charge in [0.1, 0.15) is 0 Å². The SMILES string of the molecule is NC1(C(=O)N(Cc2cccs2)CC2CCCO2)CCC1. The van der Waals surface area contributed by atoms with Crippen molar-refractivity contribution in [3.63, 3.8) is 0 Å². The van der Waals surface area contributed by atoms with Crippen molar-refractivity contribution in [3.8, 4) is 0 Å². The molecular weight excluding hydrogens is 272 g/mol. The van der Waals surface area contributed by atoms with E-state index in [0.29, 0.717) is 13.1 Å². The number of carbonyl (C=O) groups excluding carboxylic acids is 1. The van der Waals surface area contributed by atoms with E-state index in [1.54, 1.807) is 11.3 Å². The van der Waals surface area contributed by atoms with Crippen molar-refractivity contribution < 1.29 is 9.53 Å². The van der Waals surface area contributed by atoms with Gasteiger partial charge in [-0.3, -0.25) is 4.79 Å². The maximum atomic E-state index is 12.7. The van der Waals surface area contributed by atoms with Crippen LogP contribution in [0.4, 0.5) is 0 Å². The molecule has 1 saturated carbocycles. The van der Waals surface area contributed by atoms with E-state index in [2.05, 4.69) is 6.07 Å². The number of hydrogen-bond donors (Lipinski definition) is 1. The van der Waals surface area contributed by atoms with Crippen molar-refractivity contribution in [2.45, 2.75) is 50.3 Å². The van der Waals surface area contributed by atoms with Gasteiger partial charge in [0, 0.05) is 18.0 Å². The first-order chi connectivity index (χ1) is 9.67. The average Bonchev–Trinajstić information content (AvgIpc) is 3.07. The summed E-state index contributed by atoms with van der Waals surface area (Å²) in [5.41, 5.74) is 5.61. The molecule has 1 amide bonds. The number of nitrogens with two attached hydrogens (primary N) is 1. The zero-order valence-electron chi connectivity index (χ0n) is 11.7. The lowest BCUT2D eigenvalue weighted by Gasteiger charge is -2.41. The Balaban J connectivity index is 1.69. The van der Waals surface area contributed by atoms with Crippen molar-refractivity contribution in [1.29, 1.82) is 0 Å². The van der Waals surface area contributed by atoms with Crippen LogP contribution in [-0.4, -0.2) is 35.6 Å². The van der Waals surface area contributed by atoms with Crippen molar-refractivity contribution in [1.82, 2.24) is 4.90 Å². The lowest BCUT2D eigenvalue weighted by Crippen LogP contribution is -2.60. The minimum absolute atomic E-state index is 0.104. The number of ether oxygens (including phenoxy) is 1. The normalized spacial score (nSPS) is 24.4. The average molecular weight is 294 g/mol. The first-order valence-corrected chi connectivity index (χ1v) is 8.28. The van der Waals surface area contributed by atoms with Gasteiger partial charge in [-0.1, -0.05) is 6.07 Å². The molecule has 0 bridgehead atoms. The molecule has 0 aromatic carbocycles. The quantitative estimate of drug-likeness (QED) is 0.905. The van der Waals surface area contributed by atoms with Gasteiger partial charge in [-0.2, -0.15) is 0 Å². The van der Waals surface area contributed by atoms with Crippen LogP contribution in [0, 0.1) is 0 Å². The van der Waals surface area contributed by atoms with Crippen LogP contribution in [0.15, 0.2) is 17.5 Å². The first-order valence-electron chi connectivity index (χ1n) is 7.40. The molecule has 2 heterocycles. The summed E-state index contributed by atoms with van der Waals surface area (Å²) in [4.78, 5) is 15.8. The summed E-state index contributed by atoms with van der Waals surface area (Å²) in [5, 5.41) is 2.05. The molecule has 0 radical (unpaired) electrons. The number of hydrogen-bond acceptors (Lipinski definition) is 4. The Morgan fingerprint density at radius 3 is 2.90 bits per heavy atom. The van der Waals surface area contributed by atoms with E-state index in [1.807, 2.05) is 16.3 Å². The Morgan fingerprint density at radius 2 is 2.35 bits per heavy atom. The summed E-state index contributed by atoms with van der Waals surface area (Å²) >= 11 is 1.69. The van der Waals surface area contributed by atoms with Crippen molar-refractivity contribution in [2.75, 3.05) is 13.2 Å². The minimum Gasteiger partial charge on any atom is -0.376 e. The Kier molecular flexibility index (Phi) is 4.10. The number of thiophene rings is 1.